The van der Waals surface area contributed by atoms with Gasteiger partial charge in [0.05, 0.1) is 12.1 Å². The van der Waals surface area contributed by atoms with E-state index in [1.165, 1.54) is 0 Å². The Labute approximate surface area is 160 Å². The molecule has 1 saturated heterocycles. The average molecular weight is 377 g/mol. The molecule has 0 aliphatic carbocycles. The summed E-state index contributed by atoms with van der Waals surface area (Å²) in [6.07, 6.45) is 2.35. The molecule has 5 nitrogen and oxygen atoms in total. The van der Waals surface area contributed by atoms with E-state index in [0.29, 0.717) is 17.9 Å². The van der Waals surface area contributed by atoms with Crippen molar-refractivity contribution in [3.05, 3.63) is 58.9 Å². The van der Waals surface area contributed by atoms with Gasteiger partial charge in [-0.25, -0.2) is 0 Å². The number of ether oxygens (including phenoxy) is 1. The molecular formula is C20H25ClN2O3. The Morgan fingerprint density at radius 2 is 1.92 bits per heavy atom. The average Bonchev–Trinajstić information content (AvgIpc) is 3.24. The molecule has 2 heterocycles. The van der Waals surface area contributed by atoms with E-state index in [0.717, 1.165) is 30.6 Å². The first kappa shape index (κ1) is 20.2. The summed E-state index contributed by atoms with van der Waals surface area (Å²) in [6.45, 7) is 3.39. The maximum atomic E-state index is 12.6. The molecule has 0 saturated carbocycles. The summed E-state index contributed by atoms with van der Waals surface area (Å²) >= 11 is 0. The van der Waals surface area contributed by atoms with Crippen LogP contribution in [-0.2, 0) is 23.0 Å². The van der Waals surface area contributed by atoms with Crippen molar-refractivity contribution in [2.45, 2.75) is 32.2 Å². The highest BCUT2D eigenvalue weighted by atomic mass is 35.5. The zero-order valence-corrected chi connectivity index (χ0v) is 16.0. The lowest BCUT2D eigenvalue weighted by Crippen LogP contribution is -2.28. The minimum Gasteiger partial charge on any atom is -0.464 e. The fourth-order valence-corrected chi connectivity index (χ4v) is 3.10. The number of rotatable bonds is 6. The largest absolute Gasteiger partial charge is 0.464 e. The van der Waals surface area contributed by atoms with E-state index in [-0.39, 0.29) is 36.6 Å². The third-order valence-corrected chi connectivity index (χ3v) is 4.71. The number of hydrogen-bond donors (Lipinski definition) is 1. The van der Waals surface area contributed by atoms with Crippen molar-refractivity contribution >= 4 is 24.2 Å². The molecule has 1 aliphatic rings. The second-order valence-electron chi connectivity index (χ2n) is 6.62. The Morgan fingerprint density at radius 1 is 1.19 bits per heavy atom. The molecule has 3 rings (SSSR count). The molecule has 1 aromatic heterocycles. The first-order valence-electron chi connectivity index (χ1n) is 8.69. The van der Waals surface area contributed by atoms with Crippen LogP contribution in [0.5, 0.6) is 0 Å². The molecule has 1 atom stereocenters. The van der Waals surface area contributed by atoms with Gasteiger partial charge in [-0.3, -0.25) is 9.59 Å². The second-order valence-corrected chi connectivity index (χ2v) is 6.62. The molecule has 1 aliphatic heterocycles. The van der Waals surface area contributed by atoms with Crippen LogP contribution in [-0.4, -0.2) is 35.5 Å². The van der Waals surface area contributed by atoms with E-state index in [9.17, 15) is 9.59 Å². The van der Waals surface area contributed by atoms with Crippen LogP contribution in [0.3, 0.4) is 0 Å². The van der Waals surface area contributed by atoms with Crippen molar-refractivity contribution < 1.29 is 14.3 Å². The predicted octanol–water partition coefficient (Wildman–Crippen LogP) is 2.82. The Hall–Kier alpha value is -2.11. The van der Waals surface area contributed by atoms with Gasteiger partial charge in [-0.05, 0) is 38.4 Å². The first-order valence-corrected chi connectivity index (χ1v) is 8.69. The molecule has 1 aromatic carbocycles. The lowest BCUT2D eigenvalue weighted by atomic mass is 10.1. The van der Waals surface area contributed by atoms with Gasteiger partial charge in [0.15, 0.2) is 0 Å². The van der Waals surface area contributed by atoms with Crippen molar-refractivity contribution in [2.75, 3.05) is 13.2 Å². The minimum atomic E-state index is -0.260. The number of carbonyl (C=O) groups is 2. The van der Waals surface area contributed by atoms with Crippen LogP contribution in [0.25, 0.3) is 0 Å². The van der Waals surface area contributed by atoms with Crippen molar-refractivity contribution in [3.8, 4) is 0 Å². The molecule has 0 amide bonds. The lowest BCUT2D eigenvalue weighted by molar-refractivity contribution is -0.143. The summed E-state index contributed by atoms with van der Waals surface area (Å²) < 4.78 is 7.13. The Balaban J connectivity index is 0.00000243. The number of esters is 1. The Bertz CT molecular complexity index is 762. The van der Waals surface area contributed by atoms with Gasteiger partial charge < -0.3 is 14.6 Å². The molecule has 6 heteroatoms. The topological polar surface area (TPSA) is 60.3 Å². The van der Waals surface area contributed by atoms with E-state index < -0.39 is 0 Å². The number of aryl methyl sites for hydroxylation is 1. The summed E-state index contributed by atoms with van der Waals surface area (Å²) in [4.78, 5) is 24.7. The van der Waals surface area contributed by atoms with E-state index in [2.05, 4.69) is 5.32 Å². The van der Waals surface area contributed by atoms with Crippen LogP contribution in [0.4, 0.5) is 0 Å². The number of benzene rings is 1. The summed E-state index contributed by atoms with van der Waals surface area (Å²) in [5.74, 6) is -0.304. The second kappa shape index (κ2) is 9.01. The third-order valence-electron chi connectivity index (χ3n) is 4.71. The SMILES string of the molecule is Cc1ccc(C(=O)c2ccc(CC(=O)OCC3CCCN3)n2C)cc1.Cl. The van der Waals surface area contributed by atoms with Gasteiger partial charge in [-0.2, -0.15) is 0 Å². The van der Waals surface area contributed by atoms with Gasteiger partial charge >= 0.3 is 5.97 Å². The minimum absolute atomic E-state index is 0. The van der Waals surface area contributed by atoms with Gasteiger partial charge in [0.2, 0.25) is 5.78 Å². The van der Waals surface area contributed by atoms with E-state index in [1.54, 1.807) is 10.6 Å². The van der Waals surface area contributed by atoms with Crippen molar-refractivity contribution in [1.82, 2.24) is 9.88 Å². The zero-order valence-electron chi connectivity index (χ0n) is 15.2. The Morgan fingerprint density at radius 3 is 2.58 bits per heavy atom. The quantitative estimate of drug-likeness (QED) is 0.622. The summed E-state index contributed by atoms with van der Waals surface area (Å²) in [5, 5.41) is 3.30. The van der Waals surface area contributed by atoms with Crippen LogP contribution < -0.4 is 5.32 Å². The number of ketones is 1. The van der Waals surface area contributed by atoms with Gasteiger partial charge in [0.25, 0.3) is 0 Å². The molecule has 1 unspecified atom stereocenters. The van der Waals surface area contributed by atoms with Gasteiger partial charge in [-0.15, -0.1) is 12.4 Å². The summed E-state index contributed by atoms with van der Waals surface area (Å²) in [7, 11) is 1.81. The highest BCUT2D eigenvalue weighted by Crippen LogP contribution is 2.15. The fourth-order valence-electron chi connectivity index (χ4n) is 3.10. The van der Waals surface area contributed by atoms with Crippen LogP contribution in [0, 0.1) is 6.92 Å². The maximum absolute atomic E-state index is 12.6. The molecule has 0 radical (unpaired) electrons. The lowest BCUT2D eigenvalue weighted by Gasteiger charge is -2.11. The van der Waals surface area contributed by atoms with Crippen LogP contribution in [0.15, 0.2) is 36.4 Å². The molecule has 140 valence electrons. The molecule has 1 N–H and O–H groups in total. The number of aromatic nitrogens is 1. The van der Waals surface area contributed by atoms with Gasteiger partial charge in [0.1, 0.15) is 6.61 Å². The maximum Gasteiger partial charge on any atom is 0.311 e. The number of hydrogen-bond acceptors (Lipinski definition) is 4. The predicted molar refractivity (Wildman–Crippen MR) is 103 cm³/mol. The number of halogens is 1. The molecule has 2 aromatic rings. The first-order chi connectivity index (χ1) is 12.0. The van der Waals surface area contributed by atoms with Crippen LogP contribution in [0.2, 0.25) is 0 Å². The molecular weight excluding hydrogens is 352 g/mol. The summed E-state index contributed by atoms with van der Waals surface area (Å²) in [6, 6.07) is 11.4. The highest BCUT2D eigenvalue weighted by molar-refractivity contribution is 6.08. The molecule has 0 bridgehead atoms. The van der Waals surface area contributed by atoms with Crippen molar-refractivity contribution in [1.29, 1.82) is 0 Å². The Kier molecular flexibility index (Phi) is 7.00. The molecule has 26 heavy (non-hydrogen) atoms. The van der Waals surface area contributed by atoms with Gasteiger partial charge in [0, 0.05) is 24.3 Å². The normalized spacial score (nSPS) is 16.2. The van der Waals surface area contributed by atoms with Crippen LogP contribution >= 0.6 is 12.4 Å². The van der Waals surface area contributed by atoms with Crippen molar-refractivity contribution in [3.63, 3.8) is 0 Å². The molecule has 0 spiro atoms. The number of carbonyl (C=O) groups excluding carboxylic acids is 2. The van der Waals surface area contributed by atoms with Crippen LogP contribution in [0.1, 0.15) is 40.2 Å². The third kappa shape index (κ3) is 4.74. The summed E-state index contributed by atoms with van der Waals surface area (Å²) in [5.41, 5.74) is 3.11. The van der Waals surface area contributed by atoms with E-state index in [4.69, 9.17) is 4.74 Å². The highest BCUT2D eigenvalue weighted by Gasteiger charge is 2.19. The van der Waals surface area contributed by atoms with E-state index >= 15 is 0 Å². The smallest absolute Gasteiger partial charge is 0.311 e. The van der Waals surface area contributed by atoms with Crippen molar-refractivity contribution in [2.24, 2.45) is 7.05 Å². The standard InChI is InChI=1S/C20H24N2O3.ClH/c1-14-5-7-15(8-6-14)20(24)18-10-9-17(22(18)2)12-19(23)25-13-16-4-3-11-21-16;/h5-10,16,21H,3-4,11-13H2,1-2H3;1H. The molecule has 1 fully saturated rings. The monoisotopic (exact) mass is 376 g/mol. The fraction of sp³-hybridized carbons (Fsp3) is 0.400. The zero-order chi connectivity index (χ0) is 17.8. The number of nitrogens with one attached hydrogen (secondary N) is 1. The van der Waals surface area contributed by atoms with E-state index in [1.807, 2.05) is 44.3 Å². The number of nitrogens with zero attached hydrogens (tertiary/aromatic N) is 1. The van der Waals surface area contributed by atoms with Gasteiger partial charge in [-0.1, -0.05) is 29.8 Å².